The second-order valence-electron chi connectivity index (χ2n) is 8.80. The highest BCUT2D eigenvalue weighted by molar-refractivity contribution is 7.78. The zero-order valence-corrected chi connectivity index (χ0v) is 20.9. The van der Waals surface area contributed by atoms with E-state index in [4.69, 9.17) is 0 Å². The summed E-state index contributed by atoms with van der Waals surface area (Å²) < 4.78 is 28.6. The highest BCUT2D eigenvalue weighted by Gasteiger charge is 2.15. The lowest BCUT2D eigenvalue weighted by Gasteiger charge is -2.07. The third-order valence-electron chi connectivity index (χ3n) is 6.34. The first-order valence-electron chi connectivity index (χ1n) is 12.1. The minimum atomic E-state index is -0.759. The maximum atomic E-state index is 14.3. The summed E-state index contributed by atoms with van der Waals surface area (Å²) in [6.07, 6.45) is 8.58. The Labute approximate surface area is 211 Å². The SMILES string of the molecule is CCCCCc1ccc(C#CC2=Cc3ccc(-c4cc(F)c(N=C=S)c(F)c4)cc3C2)c(CC)c1. The topological polar surface area (TPSA) is 12.4 Å². The Morgan fingerprint density at radius 2 is 1.71 bits per heavy atom. The van der Waals surface area contributed by atoms with Gasteiger partial charge in [-0.15, -0.1) is 0 Å². The molecule has 0 aromatic heterocycles. The van der Waals surface area contributed by atoms with Crippen LogP contribution in [0.3, 0.4) is 0 Å². The standard InChI is InChI=1S/C31H27F2NS/c1-3-5-6-7-21-8-10-24(23(4-2)14-21)11-9-22-15-25-12-13-26(17-27(25)16-22)28-18-29(32)31(34-20-35)30(33)19-28/h8,10,12-15,17-19H,3-7,16H2,1-2H3. The van der Waals surface area contributed by atoms with Crippen molar-refractivity contribution in [3.05, 3.63) is 93.6 Å². The number of hydrogen-bond acceptors (Lipinski definition) is 2. The van der Waals surface area contributed by atoms with E-state index < -0.39 is 17.3 Å². The van der Waals surface area contributed by atoms with Gasteiger partial charge in [0.1, 0.15) is 5.69 Å². The lowest BCUT2D eigenvalue weighted by molar-refractivity contribution is 0.588. The Hall–Kier alpha value is -3.38. The fraction of sp³-hybridized carbons (Fsp3) is 0.258. The first kappa shape index (κ1) is 24.7. The fourth-order valence-corrected chi connectivity index (χ4v) is 4.52. The monoisotopic (exact) mass is 483 g/mol. The van der Waals surface area contributed by atoms with Gasteiger partial charge in [0.25, 0.3) is 0 Å². The van der Waals surface area contributed by atoms with Crippen LogP contribution in [0.4, 0.5) is 14.5 Å². The van der Waals surface area contributed by atoms with Gasteiger partial charge in [0.2, 0.25) is 0 Å². The van der Waals surface area contributed by atoms with E-state index in [0.29, 0.717) is 12.0 Å². The quantitative estimate of drug-likeness (QED) is 0.142. The number of benzene rings is 3. The Kier molecular flexibility index (Phi) is 8.03. The number of fused-ring (bicyclic) bond motifs is 1. The summed E-state index contributed by atoms with van der Waals surface area (Å²) in [4.78, 5) is 3.48. The molecule has 0 unspecified atom stereocenters. The maximum Gasteiger partial charge on any atom is 0.153 e. The Morgan fingerprint density at radius 3 is 2.43 bits per heavy atom. The van der Waals surface area contributed by atoms with E-state index in [2.05, 4.69) is 67.2 Å². The van der Waals surface area contributed by atoms with Gasteiger partial charge in [-0.2, -0.15) is 4.99 Å². The number of aliphatic imine (C=N–C) groups is 1. The molecule has 0 amide bonds. The van der Waals surface area contributed by atoms with Crippen molar-refractivity contribution < 1.29 is 8.78 Å². The van der Waals surface area contributed by atoms with Crippen molar-refractivity contribution in [1.82, 2.24) is 0 Å². The summed E-state index contributed by atoms with van der Waals surface area (Å²) in [5, 5.41) is 2.02. The third-order valence-corrected chi connectivity index (χ3v) is 6.43. The van der Waals surface area contributed by atoms with Crippen LogP contribution in [0.25, 0.3) is 17.2 Å². The molecule has 0 saturated heterocycles. The third kappa shape index (κ3) is 5.82. The first-order chi connectivity index (χ1) is 17.0. The molecule has 1 nitrogen and oxygen atoms in total. The zero-order chi connectivity index (χ0) is 24.8. The number of isothiocyanates is 1. The number of aryl methyl sites for hydroxylation is 2. The number of halogens is 2. The van der Waals surface area contributed by atoms with Crippen molar-refractivity contribution in [3.63, 3.8) is 0 Å². The fourth-order valence-electron chi connectivity index (χ4n) is 4.43. The molecule has 0 N–H and O–H groups in total. The molecule has 0 saturated carbocycles. The molecule has 176 valence electrons. The van der Waals surface area contributed by atoms with E-state index in [-0.39, 0.29) is 0 Å². The Bertz CT molecular complexity index is 1380. The summed E-state index contributed by atoms with van der Waals surface area (Å²) in [6.45, 7) is 4.39. The van der Waals surface area contributed by atoms with Crippen molar-refractivity contribution in [1.29, 1.82) is 0 Å². The molecule has 35 heavy (non-hydrogen) atoms. The second-order valence-corrected chi connectivity index (χ2v) is 8.99. The second kappa shape index (κ2) is 11.4. The molecular weight excluding hydrogens is 456 g/mol. The molecule has 4 heteroatoms. The van der Waals surface area contributed by atoms with Gasteiger partial charge in [-0.3, -0.25) is 0 Å². The number of hydrogen-bond donors (Lipinski definition) is 0. The number of nitrogens with zero attached hydrogens (tertiary/aromatic N) is 1. The molecule has 0 heterocycles. The van der Waals surface area contributed by atoms with Crippen LogP contribution in [0, 0.1) is 23.5 Å². The van der Waals surface area contributed by atoms with Gasteiger partial charge in [0.05, 0.1) is 5.16 Å². The summed E-state index contributed by atoms with van der Waals surface area (Å²) in [7, 11) is 0. The van der Waals surface area contributed by atoms with E-state index >= 15 is 0 Å². The predicted molar refractivity (Wildman–Crippen MR) is 144 cm³/mol. The highest BCUT2D eigenvalue weighted by Crippen LogP contribution is 2.33. The number of allylic oxidation sites excluding steroid dienone is 1. The molecule has 0 bridgehead atoms. The average Bonchev–Trinajstić information content (AvgIpc) is 3.27. The molecule has 0 aliphatic heterocycles. The molecule has 1 aliphatic carbocycles. The van der Waals surface area contributed by atoms with E-state index in [0.717, 1.165) is 40.7 Å². The normalized spacial score (nSPS) is 11.8. The summed E-state index contributed by atoms with van der Waals surface area (Å²) >= 11 is 4.47. The molecule has 0 radical (unpaired) electrons. The first-order valence-corrected chi connectivity index (χ1v) is 12.5. The smallest absolute Gasteiger partial charge is 0.153 e. The summed E-state index contributed by atoms with van der Waals surface area (Å²) in [5.41, 5.74) is 7.75. The average molecular weight is 484 g/mol. The highest BCUT2D eigenvalue weighted by atomic mass is 32.1. The predicted octanol–water partition coefficient (Wildman–Crippen LogP) is 8.65. The molecular formula is C31H27F2NS. The lowest BCUT2D eigenvalue weighted by atomic mass is 9.98. The van der Waals surface area contributed by atoms with Crippen molar-refractivity contribution in [2.24, 2.45) is 4.99 Å². The van der Waals surface area contributed by atoms with E-state index in [1.165, 1.54) is 42.5 Å². The van der Waals surface area contributed by atoms with Crippen LogP contribution >= 0.6 is 12.2 Å². The van der Waals surface area contributed by atoms with E-state index in [1.807, 2.05) is 23.4 Å². The number of thiocarbonyl (C=S) groups is 1. The van der Waals surface area contributed by atoms with Crippen molar-refractivity contribution in [2.45, 2.75) is 52.4 Å². The van der Waals surface area contributed by atoms with Crippen LogP contribution in [-0.2, 0) is 19.3 Å². The largest absolute Gasteiger partial charge is 0.204 e. The molecule has 1 aliphatic rings. The van der Waals surface area contributed by atoms with Crippen LogP contribution < -0.4 is 0 Å². The molecule has 3 aromatic rings. The van der Waals surface area contributed by atoms with Gasteiger partial charge in [-0.25, -0.2) is 8.78 Å². The van der Waals surface area contributed by atoms with Crippen LogP contribution in [0.1, 0.15) is 60.9 Å². The molecule has 0 fully saturated rings. The summed E-state index contributed by atoms with van der Waals surface area (Å²) in [6, 6.07) is 15.0. The molecule has 0 spiro atoms. The maximum absolute atomic E-state index is 14.3. The minimum absolute atomic E-state index is 0.412. The van der Waals surface area contributed by atoms with Gasteiger partial charge >= 0.3 is 0 Å². The van der Waals surface area contributed by atoms with Crippen LogP contribution in [-0.4, -0.2) is 5.16 Å². The van der Waals surface area contributed by atoms with Crippen LogP contribution in [0.2, 0.25) is 0 Å². The van der Waals surface area contributed by atoms with Gasteiger partial charge in [0.15, 0.2) is 11.6 Å². The van der Waals surface area contributed by atoms with Crippen molar-refractivity contribution in [2.75, 3.05) is 0 Å². The molecule has 0 atom stereocenters. The Morgan fingerprint density at radius 1 is 0.914 bits per heavy atom. The molecule has 4 rings (SSSR count). The van der Waals surface area contributed by atoms with Crippen LogP contribution in [0.15, 0.2) is 59.1 Å². The van der Waals surface area contributed by atoms with Crippen molar-refractivity contribution >= 4 is 29.1 Å². The summed E-state index contributed by atoms with van der Waals surface area (Å²) in [5.74, 6) is 5.21. The van der Waals surface area contributed by atoms with E-state index in [1.54, 1.807) is 0 Å². The van der Waals surface area contributed by atoms with Crippen LogP contribution in [0.5, 0.6) is 0 Å². The number of rotatable bonds is 7. The van der Waals surface area contributed by atoms with Gasteiger partial charge in [-0.05, 0) is 89.1 Å². The Balaban J connectivity index is 1.52. The van der Waals surface area contributed by atoms with Gasteiger partial charge < -0.3 is 0 Å². The minimum Gasteiger partial charge on any atom is -0.204 e. The zero-order valence-electron chi connectivity index (χ0n) is 20.1. The molecule has 3 aromatic carbocycles. The van der Waals surface area contributed by atoms with Gasteiger partial charge in [0, 0.05) is 17.6 Å². The number of unbranched alkanes of at least 4 members (excludes halogenated alkanes) is 2. The van der Waals surface area contributed by atoms with Gasteiger partial charge in [-0.1, -0.05) is 68.9 Å². The van der Waals surface area contributed by atoms with Crippen molar-refractivity contribution in [3.8, 4) is 23.0 Å². The lowest BCUT2D eigenvalue weighted by Crippen LogP contribution is -1.93. The van der Waals surface area contributed by atoms with E-state index in [9.17, 15) is 8.78 Å².